The SMILES string of the molecule is C(=C\C(=Nc1ccccc1)Oc1ccccc1)/Sc1cccc2ccccc12. The normalized spacial score (nSPS) is 11.8. The summed E-state index contributed by atoms with van der Waals surface area (Å²) in [5.74, 6) is 1.31. The van der Waals surface area contributed by atoms with Crippen molar-refractivity contribution in [3.63, 3.8) is 0 Å². The van der Waals surface area contributed by atoms with E-state index in [1.54, 1.807) is 11.8 Å². The van der Waals surface area contributed by atoms with Crippen LogP contribution in [0.15, 0.2) is 125 Å². The molecule has 136 valence electrons. The minimum absolute atomic E-state index is 0.546. The van der Waals surface area contributed by atoms with E-state index in [2.05, 4.69) is 47.5 Å². The molecule has 0 aliphatic rings. The highest BCUT2D eigenvalue weighted by atomic mass is 32.2. The summed E-state index contributed by atoms with van der Waals surface area (Å²) in [4.78, 5) is 5.84. The molecular formula is C25H19NOS. The Morgan fingerprint density at radius 3 is 2.21 bits per heavy atom. The number of nitrogens with zero attached hydrogens (tertiary/aromatic N) is 1. The van der Waals surface area contributed by atoms with E-state index in [1.165, 1.54) is 15.7 Å². The van der Waals surface area contributed by atoms with Crippen molar-refractivity contribution in [2.24, 2.45) is 4.99 Å². The van der Waals surface area contributed by atoms with Crippen LogP contribution in [0.25, 0.3) is 10.8 Å². The number of rotatable bonds is 5. The molecule has 0 bridgehead atoms. The number of ether oxygens (including phenoxy) is 1. The standard InChI is InChI=1S/C25H19NOS/c1-3-12-21(13-4-1)26-25(27-22-14-5-2-6-15-22)18-19-28-24-17-9-11-20-10-7-8-16-23(20)24/h1-19H/b19-18+,26-25?. The minimum atomic E-state index is 0.546. The Hall–Kier alpha value is -3.30. The van der Waals surface area contributed by atoms with Crippen LogP contribution in [0.4, 0.5) is 5.69 Å². The zero-order valence-corrected chi connectivity index (χ0v) is 16.0. The van der Waals surface area contributed by atoms with E-state index in [4.69, 9.17) is 4.74 Å². The molecule has 0 aromatic heterocycles. The van der Waals surface area contributed by atoms with Crippen molar-refractivity contribution in [2.45, 2.75) is 4.90 Å². The summed E-state index contributed by atoms with van der Waals surface area (Å²) in [6.45, 7) is 0. The van der Waals surface area contributed by atoms with Gasteiger partial charge in [0.15, 0.2) is 0 Å². The van der Waals surface area contributed by atoms with Crippen molar-refractivity contribution in [1.82, 2.24) is 0 Å². The van der Waals surface area contributed by atoms with Crippen LogP contribution in [0.2, 0.25) is 0 Å². The van der Waals surface area contributed by atoms with Gasteiger partial charge >= 0.3 is 0 Å². The summed E-state index contributed by atoms with van der Waals surface area (Å²) in [5, 5.41) is 4.50. The predicted molar refractivity (Wildman–Crippen MR) is 120 cm³/mol. The van der Waals surface area contributed by atoms with E-state index in [0.717, 1.165) is 11.4 Å². The fraction of sp³-hybridized carbons (Fsp3) is 0. The van der Waals surface area contributed by atoms with Crippen LogP contribution in [-0.2, 0) is 0 Å². The maximum Gasteiger partial charge on any atom is 0.220 e. The van der Waals surface area contributed by atoms with Crippen LogP contribution >= 0.6 is 11.8 Å². The topological polar surface area (TPSA) is 21.6 Å². The zero-order chi connectivity index (χ0) is 19.0. The second-order valence-corrected chi connectivity index (χ2v) is 7.05. The maximum atomic E-state index is 5.99. The smallest absolute Gasteiger partial charge is 0.220 e. The summed E-state index contributed by atoms with van der Waals surface area (Å²) in [5.41, 5.74) is 0.855. The number of hydrogen-bond donors (Lipinski definition) is 0. The van der Waals surface area contributed by atoms with Crippen LogP contribution in [0.5, 0.6) is 5.75 Å². The molecule has 0 fully saturated rings. The Morgan fingerprint density at radius 1 is 0.714 bits per heavy atom. The van der Waals surface area contributed by atoms with E-state index < -0.39 is 0 Å². The molecule has 0 unspecified atom stereocenters. The summed E-state index contributed by atoms with van der Waals surface area (Å²) in [7, 11) is 0. The molecule has 0 aliphatic carbocycles. The Balaban J connectivity index is 1.58. The summed E-state index contributed by atoms with van der Waals surface area (Å²) < 4.78 is 5.99. The molecule has 0 saturated carbocycles. The molecule has 4 aromatic carbocycles. The van der Waals surface area contributed by atoms with Gasteiger partial charge in [0.2, 0.25) is 5.90 Å². The van der Waals surface area contributed by atoms with Crippen molar-refractivity contribution in [3.8, 4) is 5.75 Å². The molecular weight excluding hydrogens is 362 g/mol. The number of fused-ring (bicyclic) bond motifs is 1. The van der Waals surface area contributed by atoms with E-state index in [0.29, 0.717) is 5.90 Å². The number of hydrogen-bond acceptors (Lipinski definition) is 3. The zero-order valence-electron chi connectivity index (χ0n) is 15.2. The summed E-state index contributed by atoms with van der Waals surface area (Å²) in [6.07, 6.45) is 1.91. The number of aliphatic imine (C=N–C) groups is 1. The molecule has 4 aromatic rings. The highest BCUT2D eigenvalue weighted by molar-refractivity contribution is 8.02. The lowest BCUT2D eigenvalue weighted by Crippen LogP contribution is -2.04. The Morgan fingerprint density at radius 2 is 1.39 bits per heavy atom. The molecule has 28 heavy (non-hydrogen) atoms. The maximum absolute atomic E-state index is 5.99. The van der Waals surface area contributed by atoms with E-state index in [1.807, 2.05) is 72.1 Å². The van der Waals surface area contributed by atoms with Crippen molar-refractivity contribution in [2.75, 3.05) is 0 Å². The number of benzene rings is 4. The first-order valence-electron chi connectivity index (χ1n) is 9.06. The molecule has 0 atom stereocenters. The Labute approximate surface area is 169 Å². The van der Waals surface area contributed by atoms with Gasteiger partial charge in [0, 0.05) is 11.0 Å². The fourth-order valence-electron chi connectivity index (χ4n) is 2.80. The molecule has 0 heterocycles. The Kier molecular flexibility index (Phi) is 5.86. The van der Waals surface area contributed by atoms with Crippen LogP contribution in [-0.4, -0.2) is 5.90 Å². The first kappa shape index (κ1) is 18.1. The molecule has 2 nitrogen and oxygen atoms in total. The quantitative estimate of drug-likeness (QED) is 0.206. The largest absolute Gasteiger partial charge is 0.439 e. The van der Waals surface area contributed by atoms with Crippen molar-refractivity contribution >= 4 is 34.1 Å². The predicted octanol–water partition coefficient (Wildman–Crippen LogP) is 7.25. The van der Waals surface area contributed by atoms with Gasteiger partial charge in [0.25, 0.3) is 0 Å². The molecule has 3 heteroatoms. The Bertz CT molecular complexity index is 1100. The number of para-hydroxylation sites is 2. The van der Waals surface area contributed by atoms with E-state index in [-0.39, 0.29) is 0 Å². The van der Waals surface area contributed by atoms with Gasteiger partial charge < -0.3 is 4.74 Å². The van der Waals surface area contributed by atoms with Crippen LogP contribution in [0.3, 0.4) is 0 Å². The first-order valence-corrected chi connectivity index (χ1v) is 9.94. The van der Waals surface area contributed by atoms with Gasteiger partial charge in [0.05, 0.1) is 5.69 Å². The summed E-state index contributed by atoms with van der Waals surface area (Å²) >= 11 is 1.66. The van der Waals surface area contributed by atoms with Gasteiger partial charge in [-0.2, -0.15) is 0 Å². The lowest BCUT2D eigenvalue weighted by atomic mass is 10.1. The number of thioether (sulfide) groups is 1. The lowest BCUT2D eigenvalue weighted by Gasteiger charge is -2.06. The molecule has 0 amide bonds. The van der Waals surface area contributed by atoms with Gasteiger partial charge in [-0.3, -0.25) is 0 Å². The van der Waals surface area contributed by atoms with Gasteiger partial charge in [-0.05, 0) is 46.5 Å². The van der Waals surface area contributed by atoms with Crippen molar-refractivity contribution in [3.05, 3.63) is 115 Å². The highest BCUT2D eigenvalue weighted by Gasteiger charge is 2.02. The molecule has 0 saturated heterocycles. The monoisotopic (exact) mass is 381 g/mol. The molecule has 4 rings (SSSR count). The molecule has 0 N–H and O–H groups in total. The van der Waals surface area contributed by atoms with Gasteiger partial charge in [-0.1, -0.05) is 84.6 Å². The van der Waals surface area contributed by atoms with Crippen molar-refractivity contribution in [1.29, 1.82) is 0 Å². The lowest BCUT2D eigenvalue weighted by molar-refractivity contribution is 0.556. The van der Waals surface area contributed by atoms with E-state index in [9.17, 15) is 0 Å². The molecule has 0 aliphatic heterocycles. The second kappa shape index (κ2) is 9.07. The van der Waals surface area contributed by atoms with Crippen LogP contribution in [0, 0.1) is 0 Å². The van der Waals surface area contributed by atoms with Crippen LogP contribution < -0.4 is 4.74 Å². The molecule has 0 radical (unpaired) electrons. The summed E-state index contributed by atoms with van der Waals surface area (Å²) in [6, 6.07) is 34.3. The first-order chi connectivity index (χ1) is 13.9. The second-order valence-electron chi connectivity index (χ2n) is 6.10. The van der Waals surface area contributed by atoms with Crippen LogP contribution in [0.1, 0.15) is 0 Å². The fourth-order valence-corrected chi connectivity index (χ4v) is 3.60. The average molecular weight is 382 g/mol. The highest BCUT2D eigenvalue weighted by Crippen LogP contribution is 2.28. The third-order valence-electron chi connectivity index (χ3n) is 4.12. The third-order valence-corrected chi connectivity index (χ3v) is 5.00. The van der Waals surface area contributed by atoms with Gasteiger partial charge in [-0.15, -0.1) is 0 Å². The minimum Gasteiger partial charge on any atom is -0.439 e. The molecule has 0 spiro atoms. The van der Waals surface area contributed by atoms with Gasteiger partial charge in [-0.25, -0.2) is 4.99 Å². The van der Waals surface area contributed by atoms with Gasteiger partial charge in [0.1, 0.15) is 5.75 Å². The average Bonchev–Trinajstić information content (AvgIpc) is 2.75. The van der Waals surface area contributed by atoms with E-state index >= 15 is 0 Å². The third kappa shape index (κ3) is 4.70. The van der Waals surface area contributed by atoms with Crippen molar-refractivity contribution < 1.29 is 4.74 Å².